The van der Waals surface area contributed by atoms with E-state index in [0.717, 1.165) is 17.5 Å². The number of morpholine rings is 1. The Morgan fingerprint density at radius 2 is 1.92 bits per heavy atom. The third-order valence-electron chi connectivity index (χ3n) is 8.11. The SMILES string of the molecule is CC[C@@]12CN(C(=N)n3nnc4ccccc43)[C@@H]([C@H](n3cnc4c(NC(=O)c5ccccc5)ncnc43)O1)[C@@H]2C. The fourth-order valence-electron chi connectivity index (χ4n) is 5.97. The molecule has 12 nitrogen and oxygen atoms in total. The third-order valence-corrected chi connectivity index (χ3v) is 8.11. The predicted molar refractivity (Wildman–Crippen MR) is 143 cm³/mol. The van der Waals surface area contributed by atoms with Crippen molar-refractivity contribution in [2.24, 2.45) is 5.92 Å². The second-order valence-corrected chi connectivity index (χ2v) is 10.0. The first-order valence-corrected chi connectivity index (χ1v) is 12.9. The van der Waals surface area contributed by atoms with Gasteiger partial charge in [0.25, 0.3) is 5.91 Å². The van der Waals surface area contributed by atoms with Crippen molar-refractivity contribution in [1.29, 1.82) is 5.41 Å². The zero-order chi connectivity index (χ0) is 26.7. The van der Waals surface area contributed by atoms with Crippen molar-refractivity contribution < 1.29 is 9.53 Å². The zero-order valence-electron chi connectivity index (χ0n) is 21.4. The van der Waals surface area contributed by atoms with Crippen LogP contribution >= 0.6 is 0 Å². The van der Waals surface area contributed by atoms with Crippen LogP contribution in [0.3, 0.4) is 0 Å². The molecule has 2 bridgehead atoms. The molecule has 12 heteroatoms. The van der Waals surface area contributed by atoms with Gasteiger partial charge in [-0.2, -0.15) is 4.68 Å². The lowest BCUT2D eigenvalue weighted by Gasteiger charge is -2.38. The molecule has 7 rings (SSSR count). The maximum Gasteiger partial charge on any atom is 0.256 e. The molecular formula is C27H26N10O2. The Kier molecular flexibility index (Phi) is 5.20. The van der Waals surface area contributed by atoms with Crippen LogP contribution in [0.2, 0.25) is 0 Å². The van der Waals surface area contributed by atoms with Gasteiger partial charge < -0.3 is 15.0 Å². The fraction of sp³-hybridized carbons (Fsp3) is 0.296. The third kappa shape index (κ3) is 3.44. The minimum Gasteiger partial charge on any atom is -0.347 e. The van der Waals surface area contributed by atoms with Crippen molar-refractivity contribution in [2.75, 3.05) is 11.9 Å². The number of aromatic nitrogens is 7. The predicted octanol–water partition coefficient (Wildman–Crippen LogP) is 3.30. The number of anilines is 1. The van der Waals surface area contributed by atoms with E-state index in [4.69, 9.17) is 10.1 Å². The van der Waals surface area contributed by atoms with Gasteiger partial charge in [-0.3, -0.25) is 14.8 Å². The number of benzene rings is 2. The zero-order valence-corrected chi connectivity index (χ0v) is 21.4. The number of hydrogen-bond acceptors (Lipinski definition) is 8. The smallest absolute Gasteiger partial charge is 0.256 e. The van der Waals surface area contributed by atoms with Crippen LogP contribution in [0.1, 0.15) is 36.9 Å². The highest BCUT2D eigenvalue weighted by molar-refractivity contribution is 6.06. The molecule has 2 aliphatic heterocycles. The van der Waals surface area contributed by atoms with Crippen molar-refractivity contribution >= 4 is 39.9 Å². The number of rotatable bonds is 4. The molecule has 2 fully saturated rings. The maximum atomic E-state index is 12.8. The van der Waals surface area contributed by atoms with Crippen LogP contribution in [0.25, 0.3) is 22.2 Å². The van der Waals surface area contributed by atoms with E-state index in [2.05, 4.69) is 49.3 Å². The van der Waals surface area contributed by atoms with Gasteiger partial charge in [0.1, 0.15) is 11.8 Å². The number of nitrogens with zero attached hydrogens (tertiary/aromatic N) is 8. The van der Waals surface area contributed by atoms with E-state index in [0.29, 0.717) is 29.1 Å². The molecule has 196 valence electrons. The molecule has 3 aromatic heterocycles. The first-order chi connectivity index (χ1) is 19.0. The molecule has 39 heavy (non-hydrogen) atoms. The van der Waals surface area contributed by atoms with E-state index in [1.165, 1.54) is 6.33 Å². The number of nitrogens with one attached hydrogen (secondary N) is 2. The van der Waals surface area contributed by atoms with Crippen LogP contribution < -0.4 is 5.32 Å². The summed E-state index contributed by atoms with van der Waals surface area (Å²) in [5.74, 6) is 0.422. The molecule has 2 saturated heterocycles. The quantitative estimate of drug-likeness (QED) is 0.271. The lowest BCUT2D eigenvalue weighted by atomic mass is 9.88. The summed E-state index contributed by atoms with van der Waals surface area (Å²) in [6, 6.07) is 16.4. The Morgan fingerprint density at radius 1 is 1.13 bits per heavy atom. The molecular weight excluding hydrogens is 496 g/mol. The Morgan fingerprint density at radius 3 is 2.72 bits per heavy atom. The van der Waals surface area contributed by atoms with Gasteiger partial charge in [0.15, 0.2) is 23.2 Å². The van der Waals surface area contributed by atoms with Gasteiger partial charge in [-0.25, -0.2) is 15.0 Å². The van der Waals surface area contributed by atoms with Crippen LogP contribution in [-0.4, -0.2) is 69.5 Å². The summed E-state index contributed by atoms with van der Waals surface area (Å²) in [5.41, 5.74) is 2.60. The summed E-state index contributed by atoms with van der Waals surface area (Å²) in [6.07, 6.45) is 3.41. The average Bonchev–Trinajstić information content (AvgIpc) is 3.73. The van der Waals surface area contributed by atoms with E-state index in [1.807, 2.05) is 47.0 Å². The Balaban J connectivity index is 1.25. The molecule has 2 aromatic carbocycles. The second-order valence-electron chi connectivity index (χ2n) is 10.0. The van der Waals surface area contributed by atoms with Crippen LogP contribution in [0.15, 0.2) is 67.3 Å². The van der Waals surface area contributed by atoms with Crippen molar-refractivity contribution in [3.05, 3.63) is 72.8 Å². The minimum atomic E-state index is -0.457. The molecule has 1 amide bonds. The molecule has 0 aliphatic carbocycles. The number of carbonyl (C=O) groups excluding carboxylic acids is 1. The average molecular weight is 523 g/mol. The molecule has 0 radical (unpaired) electrons. The summed E-state index contributed by atoms with van der Waals surface area (Å²) in [7, 11) is 0. The molecule has 0 unspecified atom stereocenters. The van der Waals surface area contributed by atoms with E-state index >= 15 is 0 Å². The standard InChI is InChI=1S/C27H26N10O2/c1-3-27-13-35(26(28)37-19-12-8-7-11-18(19)33-34-37)21(16(27)2)25(39-27)36-15-31-20-22(29-14-30-23(20)36)32-24(38)17-9-5-4-6-10-17/h4-12,14-16,21,25,28H,3,13H2,1-2H3,(H,29,30,32,38)/t16-,21+,25+,27-/m0/s1. The van der Waals surface area contributed by atoms with Crippen LogP contribution in [0.5, 0.6) is 0 Å². The van der Waals surface area contributed by atoms with E-state index in [1.54, 1.807) is 23.1 Å². The largest absolute Gasteiger partial charge is 0.347 e. The van der Waals surface area contributed by atoms with Gasteiger partial charge in [-0.1, -0.05) is 49.4 Å². The lowest BCUT2D eigenvalue weighted by Crippen LogP contribution is -2.50. The normalized spacial score (nSPS) is 24.1. The van der Waals surface area contributed by atoms with E-state index in [9.17, 15) is 4.79 Å². The highest BCUT2D eigenvalue weighted by Crippen LogP contribution is 2.52. The molecule has 5 aromatic rings. The fourth-order valence-corrected chi connectivity index (χ4v) is 5.97. The number of hydrogen-bond donors (Lipinski definition) is 2. The first-order valence-electron chi connectivity index (χ1n) is 12.9. The van der Waals surface area contributed by atoms with Crippen molar-refractivity contribution in [3.8, 4) is 0 Å². The number of fused-ring (bicyclic) bond motifs is 4. The summed E-state index contributed by atoms with van der Waals surface area (Å²) >= 11 is 0. The molecule has 0 saturated carbocycles. The highest BCUT2D eigenvalue weighted by Gasteiger charge is 2.62. The Bertz CT molecular complexity index is 1730. The van der Waals surface area contributed by atoms with Gasteiger partial charge in [-0.05, 0) is 30.7 Å². The molecule has 2 N–H and O–H groups in total. The van der Waals surface area contributed by atoms with E-state index in [-0.39, 0.29) is 23.8 Å². The van der Waals surface area contributed by atoms with Crippen molar-refractivity contribution in [1.82, 2.24) is 39.4 Å². The van der Waals surface area contributed by atoms with Crippen molar-refractivity contribution in [3.63, 3.8) is 0 Å². The van der Waals surface area contributed by atoms with Gasteiger partial charge in [0.2, 0.25) is 5.96 Å². The lowest BCUT2D eigenvalue weighted by molar-refractivity contribution is -0.119. The Hall–Kier alpha value is -4.71. The van der Waals surface area contributed by atoms with Gasteiger partial charge >= 0.3 is 0 Å². The summed E-state index contributed by atoms with van der Waals surface area (Å²) in [6.45, 7) is 4.85. The topological polar surface area (TPSA) is 140 Å². The minimum absolute atomic E-state index is 0.124. The Labute approximate surface area is 223 Å². The van der Waals surface area contributed by atoms with E-state index < -0.39 is 11.8 Å². The molecule has 2 aliphatic rings. The monoisotopic (exact) mass is 522 g/mol. The number of carbonyl (C=O) groups is 1. The summed E-state index contributed by atoms with van der Waals surface area (Å²) < 4.78 is 10.2. The summed E-state index contributed by atoms with van der Waals surface area (Å²) in [5, 5.41) is 20.5. The van der Waals surface area contributed by atoms with Gasteiger partial charge in [0, 0.05) is 11.5 Å². The number of amides is 1. The molecule has 4 atom stereocenters. The highest BCUT2D eigenvalue weighted by atomic mass is 16.5. The first kappa shape index (κ1) is 23.4. The van der Waals surface area contributed by atoms with Gasteiger partial charge in [-0.15, -0.1) is 5.10 Å². The summed E-state index contributed by atoms with van der Waals surface area (Å²) in [4.78, 5) is 28.2. The number of likely N-dealkylation sites (tertiary alicyclic amines) is 1. The van der Waals surface area contributed by atoms with Crippen molar-refractivity contribution in [2.45, 2.75) is 38.1 Å². The van der Waals surface area contributed by atoms with Crippen LogP contribution in [-0.2, 0) is 4.74 Å². The number of imidazole rings is 1. The maximum absolute atomic E-state index is 12.8. The van der Waals surface area contributed by atoms with Crippen LogP contribution in [0.4, 0.5) is 5.82 Å². The molecule has 5 heterocycles. The van der Waals surface area contributed by atoms with Gasteiger partial charge in [0.05, 0.1) is 30.0 Å². The second kappa shape index (κ2) is 8.67. The molecule has 0 spiro atoms. The number of para-hydroxylation sites is 1. The number of ether oxygens (including phenoxy) is 1. The van der Waals surface area contributed by atoms with Crippen LogP contribution in [0, 0.1) is 11.3 Å².